The highest BCUT2D eigenvalue weighted by atomic mass is 15.2. The molecule has 1 nitrogen and oxygen atoms in total. The van der Waals surface area contributed by atoms with Crippen LogP contribution in [0.5, 0.6) is 0 Å². The quantitative estimate of drug-likeness (QED) is 0.195. The molecule has 0 fully saturated rings. The largest absolute Gasteiger partial charge is 0.309 e. The third-order valence-electron chi connectivity index (χ3n) is 11.1. The van der Waals surface area contributed by atoms with E-state index in [9.17, 15) is 0 Å². The number of anilines is 3. The average molecular weight is 612 g/mol. The Morgan fingerprint density at radius 3 is 1.98 bits per heavy atom. The first kappa shape index (κ1) is 29.8. The van der Waals surface area contributed by atoms with Gasteiger partial charge in [-0.2, -0.15) is 0 Å². The van der Waals surface area contributed by atoms with Crippen LogP contribution in [0.2, 0.25) is 0 Å². The predicted molar refractivity (Wildman–Crippen MR) is 201 cm³/mol. The van der Waals surface area contributed by atoms with E-state index in [-0.39, 0.29) is 16.2 Å². The van der Waals surface area contributed by atoms with E-state index in [1.54, 1.807) is 0 Å². The summed E-state index contributed by atoms with van der Waals surface area (Å²) in [6.45, 7) is 17.2. The molecule has 0 spiro atoms. The summed E-state index contributed by atoms with van der Waals surface area (Å²) in [5.74, 6) is 0.422. The zero-order valence-electron chi connectivity index (χ0n) is 28.9. The van der Waals surface area contributed by atoms with Gasteiger partial charge in [0.15, 0.2) is 0 Å². The topological polar surface area (TPSA) is 3.24 Å². The Morgan fingerprint density at radius 1 is 0.660 bits per heavy atom. The van der Waals surface area contributed by atoms with Gasteiger partial charge in [-0.15, -0.1) is 0 Å². The van der Waals surface area contributed by atoms with Crippen LogP contribution < -0.4 is 4.90 Å². The molecule has 1 atom stereocenters. The fourth-order valence-electron chi connectivity index (χ4n) is 9.13. The standard InChI is InChI=1S/C46H45N/c1-44(2,3)40-38-33-25-14-17-27-35(33)45(4,5)41(38)43(42-39(40)34-26-15-18-28-36(34)46(42,6)7)47(31-22-12-9-13-23-31)37-29-19-16-24-32(37)30-20-10-8-11-21-30/h8-27,29,36H,28H2,1-7H3. The van der Waals surface area contributed by atoms with Crippen LogP contribution in [0.1, 0.15) is 82.7 Å². The number of rotatable bonds is 4. The van der Waals surface area contributed by atoms with Crippen molar-refractivity contribution in [3.8, 4) is 22.3 Å². The summed E-state index contributed by atoms with van der Waals surface area (Å²) in [4.78, 5) is 2.63. The molecule has 234 valence electrons. The van der Waals surface area contributed by atoms with Crippen LogP contribution in [0.15, 0.2) is 127 Å². The van der Waals surface area contributed by atoms with Crippen molar-refractivity contribution in [2.75, 3.05) is 4.90 Å². The molecule has 0 aromatic heterocycles. The number of benzene rings is 5. The highest BCUT2D eigenvalue weighted by Gasteiger charge is 2.53. The van der Waals surface area contributed by atoms with Crippen molar-refractivity contribution >= 4 is 22.6 Å². The van der Waals surface area contributed by atoms with Crippen LogP contribution in [-0.2, 0) is 16.2 Å². The SMILES string of the molecule is CC(C)(C)c1c2c(c(N(c3ccccc3)c3ccccc3-c3ccccc3)c3c1-c1ccccc1C3(C)C)C(C)(C)C1CC=CC=C21. The maximum Gasteiger partial charge on any atom is 0.0552 e. The summed E-state index contributed by atoms with van der Waals surface area (Å²) in [5.41, 5.74) is 17.6. The van der Waals surface area contributed by atoms with Crippen LogP contribution in [0.25, 0.3) is 27.8 Å². The third-order valence-corrected chi connectivity index (χ3v) is 11.1. The van der Waals surface area contributed by atoms with Gasteiger partial charge in [-0.05, 0) is 91.4 Å². The molecule has 0 N–H and O–H groups in total. The fraction of sp³-hybridized carbons (Fsp3) is 0.261. The summed E-state index contributed by atoms with van der Waals surface area (Å²) in [7, 11) is 0. The van der Waals surface area contributed by atoms with Crippen LogP contribution in [0, 0.1) is 5.92 Å². The van der Waals surface area contributed by atoms with E-state index in [0.29, 0.717) is 5.92 Å². The van der Waals surface area contributed by atoms with Gasteiger partial charge in [-0.25, -0.2) is 0 Å². The van der Waals surface area contributed by atoms with Crippen molar-refractivity contribution in [3.05, 3.63) is 155 Å². The van der Waals surface area contributed by atoms with E-state index >= 15 is 0 Å². The summed E-state index contributed by atoms with van der Waals surface area (Å²) >= 11 is 0. The number of nitrogens with zero attached hydrogens (tertiary/aromatic N) is 1. The van der Waals surface area contributed by atoms with Crippen molar-refractivity contribution in [1.82, 2.24) is 0 Å². The van der Waals surface area contributed by atoms with Crippen LogP contribution >= 0.6 is 0 Å². The molecule has 8 rings (SSSR count). The van der Waals surface area contributed by atoms with Crippen LogP contribution in [0.3, 0.4) is 0 Å². The number of allylic oxidation sites excluding steroid dienone is 4. The molecule has 47 heavy (non-hydrogen) atoms. The number of fused-ring (bicyclic) bond motifs is 6. The van der Waals surface area contributed by atoms with Gasteiger partial charge in [0.2, 0.25) is 0 Å². The lowest BCUT2D eigenvalue weighted by Gasteiger charge is -2.40. The van der Waals surface area contributed by atoms with Crippen molar-refractivity contribution in [3.63, 3.8) is 0 Å². The Morgan fingerprint density at radius 2 is 1.28 bits per heavy atom. The molecular weight excluding hydrogens is 567 g/mol. The molecule has 3 aliphatic carbocycles. The summed E-state index contributed by atoms with van der Waals surface area (Å²) in [5, 5.41) is 0. The Kier molecular flexibility index (Phi) is 6.61. The minimum Gasteiger partial charge on any atom is -0.309 e. The van der Waals surface area contributed by atoms with E-state index in [1.165, 1.54) is 72.7 Å². The molecule has 0 aliphatic heterocycles. The fourth-order valence-corrected chi connectivity index (χ4v) is 9.13. The second kappa shape index (κ2) is 10.4. The normalized spacial score (nSPS) is 18.2. The van der Waals surface area contributed by atoms with Crippen molar-refractivity contribution < 1.29 is 0 Å². The van der Waals surface area contributed by atoms with E-state index in [4.69, 9.17) is 0 Å². The second-order valence-electron chi connectivity index (χ2n) is 15.8. The van der Waals surface area contributed by atoms with Crippen molar-refractivity contribution in [2.24, 2.45) is 5.92 Å². The molecule has 0 amide bonds. The minimum absolute atomic E-state index is 0.0628. The minimum atomic E-state index is -0.207. The molecule has 0 bridgehead atoms. The molecule has 0 saturated heterocycles. The molecule has 0 saturated carbocycles. The van der Waals surface area contributed by atoms with Gasteiger partial charge in [-0.3, -0.25) is 0 Å². The van der Waals surface area contributed by atoms with Crippen LogP contribution in [-0.4, -0.2) is 0 Å². The Bertz CT molecular complexity index is 2080. The van der Waals surface area contributed by atoms with Gasteiger partial charge in [0.1, 0.15) is 0 Å². The van der Waals surface area contributed by atoms with E-state index < -0.39 is 0 Å². The van der Waals surface area contributed by atoms with Gasteiger partial charge < -0.3 is 4.90 Å². The highest BCUT2D eigenvalue weighted by Crippen LogP contribution is 2.66. The zero-order chi connectivity index (χ0) is 32.7. The summed E-state index contributed by atoms with van der Waals surface area (Å²) < 4.78 is 0. The van der Waals surface area contributed by atoms with Gasteiger partial charge >= 0.3 is 0 Å². The average Bonchev–Trinajstić information content (AvgIpc) is 3.45. The summed E-state index contributed by atoms with van der Waals surface area (Å²) in [6, 6.07) is 40.2. The third kappa shape index (κ3) is 4.28. The predicted octanol–water partition coefficient (Wildman–Crippen LogP) is 12.7. The first-order valence-electron chi connectivity index (χ1n) is 17.2. The van der Waals surface area contributed by atoms with Crippen molar-refractivity contribution in [1.29, 1.82) is 0 Å². The van der Waals surface area contributed by atoms with Gasteiger partial charge in [0.05, 0.1) is 11.4 Å². The van der Waals surface area contributed by atoms with E-state index in [2.05, 4.69) is 181 Å². The smallest absolute Gasteiger partial charge is 0.0552 e. The highest BCUT2D eigenvalue weighted by molar-refractivity contribution is 6.02. The number of hydrogen-bond donors (Lipinski definition) is 0. The molecule has 5 aromatic rings. The van der Waals surface area contributed by atoms with E-state index in [0.717, 1.165) is 6.42 Å². The molecule has 5 aromatic carbocycles. The monoisotopic (exact) mass is 611 g/mol. The van der Waals surface area contributed by atoms with Crippen molar-refractivity contribution in [2.45, 2.75) is 71.1 Å². The van der Waals surface area contributed by atoms with Crippen LogP contribution in [0.4, 0.5) is 17.1 Å². The van der Waals surface area contributed by atoms with E-state index in [1.807, 2.05) is 0 Å². The Balaban J connectivity index is 1.61. The Labute approximate surface area is 281 Å². The first-order valence-corrected chi connectivity index (χ1v) is 17.2. The molecular formula is C46H45N. The molecule has 0 heterocycles. The number of para-hydroxylation sites is 2. The van der Waals surface area contributed by atoms with Gasteiger partial charge in [0.25, 0.3) is 0 Å². The maximum absolute atomic E-state index is 2.63. The molecule has 1 heteroatoms. The summed E-state index contributed by atoms with van der Waals surface area (Å²) in [6.07, 6.45) is 8.18. The van der Waals surface area contributed by atoms with Gasteiger partial charge in [-0.1, -0.05) is 158 Å². The number of hydrogen-bond acceptors (Lipinski definition) is 1. The molecule has 3 aliphatic rings. The second-order valence-corrected chi connectivity index (χ2v) is 15.8. The lowest BCUT2D eigenvalue weighted by molar-refractivity contribution is 0.414. The lowest BCUT2D eigenvalue weighted by Crippen LogP contribution is -2.29. The Hall–Kier alpha value is -4.62. The molecule has 0 radical (unpaired) electrons. The molecule has 1 unspecified atom stereocenters. The van der Waals surface area contributed by atoms with Gasteiger partial charge in [0, 0.05) is 16.7 Å². The lowest BCUT2D eigenvalue weighted by atomic mass is 9.70. The first-order chi connectivity index (χ1) is 22.5. The zero-order valence-corrected chi connectivity index (χ0v) is 28.9. The maximum atomic E-state index is 2.63.